The Morgan fingerprint density at radius 1 is 1.17 bits per heavy atom. The molecular weight excluding hydrogens is 413 g/mol. The smallest absolute Gasteiger partial charge is 0.244 e. The number of hydrogen-bond acceptors (Lipinski definition) is 5. The van der Waals surface area contributed by atoms with E-state index in [0.717, 1.165) is 51.2 Å². The molecule has 7 nitrogen and oxygen atoms in total. The number of likely N-dealkylation sites (tertiary alicyclic amines) is 1. The summed E-state index contributed by atoms with van der Waals surface area (Å²) in [4.78, 5) is 18.8. The number of carbonyl (C=O) groups excluding carboxylic acids is 1. The Bertz CT molecular complexity index is 744. The molecule has 0 spiro atoms. The Morgan fingerprint density at radius 3 is 2.69 bits per heavy atom. The molecule has 0 aromatic carbocycles. The number of nitrogens with zero attached hydrogens (tertiary/aromatic N) is 4. The standard InChI is InChI=1S/C20H27N5O2.2ClH/c26-20(15-25-19(5-10-23-25)16-3-1-8-21-13-16)24-11-6-17(7-12-24)27-18-4-2-9-22-14-18;;/h2,4-5,9-10,14,16-17,21H,1,3,6-8,11-13,15H2;2*1H. The summed E-state index contributed by atoms with van der Waals surface area (Å²) in [7, 11) is 0. The van der Waals surface area contributed by atoms with E-state index in [4.69, 9.17) is 4.74 Å². The van der Waals surface area contributed by atoms with Crippen LogP contribution in [0.1, 0.15) is 37.3 Å². The molecule has 1 N–H and O–H groups in total. The van der Waals surface area contributed by atoms with Crippen molar-refractivity contribution >= 4 is 30.7 Å². The third-order valence-electron chi connectivity index (χ3n) is 5.48. The van der Waals surface area contributed by atoms with E-state index < -0.39 is 0 Å². The highest BCUT2D eigenvalue weighted by Gasteiger charge is 2.26. The minimum atomic E-state index is 0. The van der Waals surface area contributed by atoms with E-state index in [0.29, 0.717) is 12.5 Å². The number of amides is 1. The van der Waals surface area contributed by atoms with Gasteiger partial charge in [-0.15, -0.1) is 24.8 Å². The van der Waals surface area contributed by atoms with Gasteiger partial charge >= 0.3 is 0 Å². The second kappa shape index (κ2) is 11.4. The van der Waals surface area contributed by atoms with Gasteiger partial charge in [-0.2, -0.15) is 5.10 Å². The summed E-state index contributed by atoms with van der Waals surface area (Å²) in [5.41, 5.74) is 1.17. The van der Waals surface area contributed by atoms with Gasteiger partial charge in [-0.05, 0) is 37.6 Å². The van der Waals surface area contributed by atoms with Gasteiger partial charge < -0.3 is 15.0 Å². The first-order chi connectivity index (χ1) is 13.3. The molecule has 2 fully saturated rings. The van der Waals surface area contributed by atoms with Crippen molar-refractivity contribution in [3.8, 4) is 5.75 Å². The lowest BCUT2D eigenvalue weighted by molar-refractivity contribution is -0.133. The fourth-order valence-corrected chi connectivity index (χ4v) is 3.99. The van der Waals surface area contributed by atoms with Gasteiger partial charge in [0.15, 0.2) is 0 Å². The molecular formula is C20H29Cl2N5O2. The van der Waals surface area contributed by atoms with Gasteiger partial charge in [0.1, 0.15) is 18.4 Å². The van der Waals surface area contributed by atoms with Crippen LogP contribution in [0.4, 0.5) is 0 Å². The van der Waals surface area contributed by atoms with Crippen LogP contribution >= 0.6 is 24.8 Å². The molecule has 1 unspecified atom stereocenters. The van der Waals surface area contributed by atoms with Crippen LogP contribution in [0.25, 0.3) is 0 Å². The summed E-state index contributed by atoms with van der Waals surface area (Å²) in [5, 5.41) is 7.84. The number of ether oxygens (including phenoxy) is 1. The number of halogens is 2. The van der Waals surface area contributed by atoms with Crippen molar-refractivity contribution in [3.63, 3.8) is 0 Å². The average Bonchev–Trinajstić information content (AvgIpc) is 3.18. The quantitative estimate of drug-likeness (QED) is 0.771. The summed E-state index contributed by atoms with van der Waals surface area (Å²) in [5.74, 6) is 1.39. The van der Waals surface area contributed by atoms with Crippen molar-refractivity contribution in [3.05, 3.63) is 42.5 Å². The Labute approximate surface area is 184 Å². The monoisotopic (exact) mass is 441 g/mol. The zero-order chi connectivity index (χ0) is 18.5. The van der Waals surface area contributed by atoms with Crippen molar-refractivity contribution in [2.45, 2.75) is 44.2 Å². The SMILES string of the molecule is Cl.Cl.O=C(Cn1nccc1C1CCCNC1)N1CCC(Oc2cccnc2)CC1. The molecule has 1 atom stereocenters. The molecule has 1 amide bonds. The lowest BCUT2D eigenvalue weighted by Gasteiger charge is -2.32. The molecule has 0 aliphatic carbocycles. The Morgan fingerprint density at radius 2 is 2.00 bits per heavy atom. The summed E-state index contributed by atoms with van der Waals surface area (Å²) in [6.45, 7) is 3.83. The van der Waals surface area contributed by atoms with Crippen LogP contribution in [-0.2, 0) is 11.3 Å². The van der Waals surface area contributed by atoms with Crippen LogP contribution in [0.3, 0.4) is 0 Å². The summed E-state index contributed by atoms with van der Waals surface area (Å²) >= 11 is 0. The zero-order valence-electron chi connectivity index (χ0n) is 16.4. The number of piperidine rings is 2. The summed E-state index contributed by atoms with van der Waals surface area (Å²) in [6.07, 6.45) is 9.45. The number of rotatable bonds is 5. The summed E-state index contributed by atoms with van der Waals surface area (Å²) in [6, 6.07) is 5.85. The van der Waals surface area contributed by atoms with Crippen molar-refractivity contribution in [1.29, 1.82) is 0 Å². The third kappa shape index (κ3) is 6.07. The Hall–Kier alpha value is -1.83. The molecule has 160 valence electrons. The summed E-state index contributed by atoms with van der Waals surface area (Å²) < 4.78 is 7.85. The number of carbonyl (C=O) groups is 1. The molecule has 2 aliphatic rings. The van der Waals surface area contributed by atoms with Gasteiger partial charge in [-0.25, -0.2) is 0 Å². The lowest BCUT2D eigenvalue weighted by Crippen LogP contribution is -2.43. The first-order valence-electron chi connectivity index (χ1n) is 9.86. The molecule has 29 heavy (non-hydrogen) atoms. The second-order valence-electron chi connectivity index (χ2n) is 7.34. The average molecular weight is 442 g/mol. The number of pyridine rings is 1. The molecule has 2 aliphatic heterocycles. The van der Waals surface area contributed by atoms with Gasteiger partial charge in [-0.3, -0.25) is 14.5 Å². The fraction of sp³-hybridized carbons (Fsp3) is 0.550. The molecule has 9 heteroatoms. The van der Waals surface area contributed by atoms with E-state index in [1.807, 2.05) is 27.9 Å². The largest absolute Gasteiger partial charge is 0.489 e. The highest BCUT2D eigenvalue weighted by atomic mass is 35.5. The van der Waals surface area contributed by atoms with E-state index in [9.17, 15) is 4.79 Å². The van der Waals surface area contributed by atoms with E-state index in [1.165, 1.54) is 12.1 Å². The van der Waals surface area contributed by atoms with Gasteiger partial charge in [-0.1, -0.05) is 0 Å². The molecule has 0 radical (unpaired) electrons. The molecule has 4 heterocycles. The maximum atomic E-state index is 12.8. The van der Waals surface area contributed by atoms with Crippen LogP contribution in [0.5, 0.6) is 5.75 Å². The van der Waals surface area contributed by atoms with E-state index in [-0.39, 0.29) is 36.8 Å². The maximum Gasteiger partial charge on any atom is 0.244 e. The first-order valence-corrected chi connectivity index (χ1v) is 9.86. The van der Waals surface area contributed by atoms with E-state index >= 15 is 0 Å². The Balaban J connectivity index is 0.00000150. The minimum absolute atomic E-state index is 0. The van der Waals surface area contributed by atoms with Crippen molar-refractivity contribution < 1.29 is 9.53 Å². The highest BCUT2D eigenvalue weighted by Crippen LogP contribution is 2.23. The molecule has 4 rings (SSSR count). The molecule has 2 aromatic rings. The predicted octanol–water partition coefficient (Wildman–Crippen LogP) is 2.66. The fourth-order valence-electron chi connectivity index (χ4n) is 3.99. The second-order valence-corrected chi connectivity index (χ2v) is 7.34. The normalized spacial score (nSPS) is 19.7. The van der Waals surface area contributed by atoms with Crippen LogP contribution in [0, 0.1) is 0 Å². The van der Waals surface area contributed by atoms with E-state index in [2.05, 4.69) is 21.5 Å². The zero-order valence-corrected chi connectivity index (χ0v) is 18.0. The number of hydrogen-bond donors (Lipinski definition) is 1. The van der Waals surface area contributed by atoms with Crippen molar-refractivity contribution in [2.24, 2.45) is 0 Å². The van der Waals surface area contributed by atoms with Gasteiger partial charge in [0, 0.05) is 56.5 Å². The maximum absolute atomic E-state index is 12.8. The van der Waals surface area contributed by atoms with Crippen LogP contribution < -0.4 is 10.1 Å². The van der Waals surface area contributed by atoms with E-state index in [1.54, 1.807) is 12.4 Å². The van der Waals surface area contributed by atoms with Crippen LogP contribution in [0.2, 0.25) is 0 Å². The van der Waals surface area contributed by atoms with Crippen LogP contribution in [0.15, 0.2) is 36.8 Å². The lowest BCUT2D eigenvalue weighted by atomic mass is 9.96. The first kappa shape index (κ1) is 23.4. The Kier molecular flexibility index (Phi) is 9.20. The van der Waals surface area contributed by atoms with Gasteiger partial charge in [0.25, 0.3) is 0 Å². The minimum Gasteiger partial charge on any atom is -0.489 e. The van der Waals surface area contributed by atoms with Crippen LogP contribution in [-0.4, -0.2) is 57.9 Å². The van der Waals surface area contributed by atoms with Gasteiger partial charge in [0.2, 0.25) is 5.91 Å². The number of nitrogens with one attached hydrogen (secondary N) is 1. The highest BCUT2D eigenvalue weighted by molar-refractivity contribution is 5.85. The topological polar surface area (TPSA) is 72.3 Å². The molecule has 0 bridgehead atoms. The molecule has 2 aromatic heterocycles. The third-order valence-corrected chi connectivity index (χ3v) is 5.48. The molecule has 2 saturated heterocycles. The van der Waals surface area contributed by atoms with Crippen molar-refractivity contribution in [2.75, 3.05) is 26.2 Å². The van der Waals surface area contributed by atoms with Gasteiger partial charge in [0.05, 0.1) is 6.20 Å². The molecule has 0 saturated carbocycles. The van der Waals surface area contributed by atoms with Crippen molar-refractivity contribution in [1.82, 2.24) is 25.0 Å². The predicted molar refractivity (Wildman–Crippen MR) is 116 cm³/mol. The number of aromatic nitrogens is 3.